The third kappa shape index (κ3) is 4.35. The van der Waals surface area contributed by atoms with Crippen molar-refractivity contribution in [2.45, 2.75) is 44.1 Å². The highest BCUT2D eigenvalue weighted by Crippen LogP contribution is 2.51. The zero-order valence-electron chi connectivity index (χ0n) is 19.1. The lowest BCUT2D eigenvalue weighted by molar-refractivity contribution is 0.146. The lowest BCUT2D eigenvalue weighted by Crippen LogP contribution is -2.16. The van der Waals surface area contributed by atoms with Crippen LogP contribution < -0.4 is 15.4 Å². The van der Waals surface area contributed by atoms with E-state index in [-0.39, 0.29) is 5.56 Å². The first-order valence-electron chi connectivity index (χ1n) is 11.0. The number of hydrogen-bond acceptors (Lipinski definition) is 7. The van der Waals surface area contributed by atoms with Crippen molar-refractivity contribution >= 4 is 16.9 Å². The standard InChI is InChI=1S/C24H25F3N6O/c1-13(14-5-4-6-15(19(14)25)20(26)27)30-21-16-11-17(24(12-28)8-9-24)23(34-3)33-22(16)32-18(31-21)7-10-29-2/h4-6,11,13,20,29H,7-10H2,1-3H3,(H,30,31,32,33)/t13-/m1/s1. The van der Waals surface area contributed by atoms with Crippen LogP contribution in [0, 0.1) is 17.1 Å². The Morgan fingerprint density at radius 2 is 1.94 bits per heavy atom. The average Bonchev–Trinajstić information content (AvgIpc) is 3.63. The number of nitrogens with zero attached hydrogens (tertiary/aromatic N) is 4. The number of alkyl halides is 2. The van der Waals surface area contributed by atoms with Crippen LogP contribution in [-0.2, 0) is 11.8 Å². The summed E-state index contributed by atoms with van der Waals surface area (Å²) in [7, 11) is 3.31. The fraction of sp³-hybridized carbons (Fsp3) is 0.417. The number of fused-ring (bicyclic) bond motifs is 1. The van der Waals surface area contributed by atoms with Gasteiger partial charge in [0.2, 0.25) is 5.88 Å². The van der Waals surface area contributed by atoms with Gasteiger partial charge in [0.15, 0.2) is 5.65 Å². The molecule has 0 bridgehead atoms. The van der Waals surface area contributed by atoms with Crippen LogP contribution in [0.4, 0.5) is 19.0 Å². The van der Waals surface area contributed by atoms with E-state index in [1.165, 1.54) is 19.2 Å². The third-order valence-corrected chi connectivity index (χ3v) is 6.08. The molecule has 1 fully saturated rings. The van der Waals surface area contributed by atoms with Gasteiger partial charge in [-0.2, -0.15) is 10.2 Å². The fourth-order valence-corrected chi connectivity index (χ4v) is 3.96. The molecule has 34 heavy (non-hydrogen) atoms. The molecule has 4 rings (SSSR count). The Morgan fingerprint density at radius 1 is 1.21 bits per heavy atom. The Bertz CT molecular complexity index is 1260. The van der Waals surface area contributed by atoms with Crippen LogP contribution in [0.5, 0.6) is 5.88 Å². The molecule has 0 aliphatic heterocycles. The van der Waals surface area contributed by atoms with Crippen molar-refractivity contribution in [2.75, 3.05) is 26.0 Å². The number of pyridine rings is 1. The Hall–Kier alpha value is -3.45. The molecular weight excluding hydrogens is 445 g/mol. The minimum atomic E-state index is -2.92. The Morgan fingerprint density at radius 3 is 2.56 bits per heavy atom. The van der Waals surface area contributed by atoms with Crippen molar-refractivity contribution in [3.63, 3.8) is 0 Å². The van der Waals surface area contributed by atoms with Crippen molar-refractivity contribution < 1.29 is 17.9 Å². The van der Waals surface area contributed by atoms with E-state index in [0.717, 1.165) is 6.07 Å². The Labute approximate surface area is 195 Å². The smallest absolute Gasteiger partial charge is 0.266 e. The lowest BCUT2D eigenvalue weighted by Gasteiger charge is -2.20. The van der Waals surface area contributed by atoms with Crippen LogP contribution in [-0.4, -0.2) is 35.7 Å². The molecule has 2 N–H and O–H groups in total. The van der Waals surface area contributed by atoms with Gasteiger partial charge in [0.25, 0.3) is 6.43 Å². The molecular formula is C24H25F3N6O. The second-order valence-corrected chi connectivity index (χ2v) is 8.37. The summed E-state index contributed by atoms with van der Waals surface area (Å²) in [6.07, 6.45) is -1.02. The van der Waals surface area contributed by atoms with E-state index in [1.54, 1.807) is 13.0 Å². The zero-order chi connectivity index (χ0) is 24.5. The number of halogens is 3. The van der Waals surface area contributed by atoms with E-state index >= 15 is 0 Å². The van der Waals surface area contributed by atoms with Crippen LogP contribution in [0.25, 0.3) is 11.0 Å². The van der Waals surface area contributed by atoms with Crippen LogP contribution in [0.3, 0.4) is 0 Å². The first-order valence-corrected chi connectivity index (χ1v) is 11.0. The molecule has 2 aromatic heterocycles. The number of benzene rings is 1. The van der Waals surface area contributed by atoms with E-state index < -0.39 is 29.3 Å². The highest BCUT2D eigenvalue weighted by atomic mass is 19.3. The zero-order valence-corrected chi connectivity index (χ0v) is 19.1. The monoisotopic (exact) mass is 470 g/mol. The topological polar surface area (TPSA) is 95.8 Å². The van der Waals surface area contributed by atoms with Gasteiger partial charge in [-0.15, -0.1) is 0 Å². The molecule has 0 amide bonds. The molecule has 2 heterocycles. The van der Waals surface area contributed by atoms with Gasteiger partial charge >= 0.3 is 0 Å². The largest absolute Gasteiger partial charge is 0.481 e. The van der Waals surface area contributed by atoms with E-state index in [9.17, 15) is 18.4 Å². The number of aromatic nitrogens is 3. The predicted molar refractivity (Wildman–Crippen MR) is 121 cm³/mol. The number of methoxy groups -OCH3 is 1. The van der Waals surface area contributed by atoms with Gasteiger partial charge in [0.05, 0.1) is 35.6 Å². The quantitative estimate of drug-likeness (QED) is 0.472. The number of rotatable bonds is 9. The van der Waals surface area contributed by atoms with Crippen molar-refractivity contribution in [1.82, 2.24) is 20.3 Å². The van der Waals surface area contributed by atoms with Gasteiger partial charge < -0.3 is 15.4 Å². The summed E-state index contributed by atoms with van der Waals surface area (Å²) in [5.74, 6) is 0.269. The molecule has 1 aliphatic carbocycles. The predicted octanol–water partition coefficient (Wildman–Crippen LogP) is 4.60. The number of ether oxygens (including phenoxy) is 1. The Balaban J connectivity index is 1.82. The summed E-state index contributed by atoms with van der Waals surface area (Å²) >= 11 is 0. The minimum Gasteiger partial charge on any atom is -0.481 e. The third-order valence-electron chi connectivity index (χ3n) is 6.08. The van der Waals surface area contributed by atoms with Crippen LogP contribution in [0.1, 0.15) is 54.7 Å². The summed E-state index contributed by atoms with van der Waals surface area (Å²) in [5, 5.41) is 16.5. The highest BCUT2D eigenvalue weighted by molar-refractivity contribution is 5.88. The average molecular weight is 470 g/mol. The molecule has 1 saturated carbocycles. The molecule has 1 aliphatic rings. The highest BCUT2D eigenvalue weighted by Gasteiger charge is 2.47. The summed E-state index contributed by atoms with van der Waals surface area (Å²) in [5.41, 5.74) is -0.201. The Kier molecular flexibility index (Phi) is 6.57. The number of nitrogens with one attached hydrogen (secondary N) is 2. The summed E-state index contributed by atoms with van der Waals surface area (Å²) in [4.78, 5) is 13.7. The van der Waals surface area contributed by atoms with Gasteiger partial charge in [-0.3, -0.25) is 0 Å². The van der Waals surface area contributed by atoms with Crippen molar-refractivity contribution in [3.05, 3.63) is 52.6 Å². The van der Waals surface area contributed by atoms with E-state index in [4.69, 9.17) is 4.74 Å². The second kappa shape index (κ2) is 9.43. The summed E-state index contributed by atoms with van der Waals surface area (Å²) in [6, 6.07) is 7.41. The molecule has 0 spiro atoms. The van der Waals surface area contributed by atoms with Crippen LogP contribution >= 0.6 is 0 Å². The maximum Gasteiger partial charge on any atom is 0.266 e. The van der Waals surface area contributed by atoms with Crippen LogP contribution in [0.15, 0.2) is 24.3 Å². The van der Waals surface area contributed by atoms with Gasteiger partial charge in [-0.05, 0) is 32.9 Å². The van der Waals surface area contributed by atoms with Gasteiger partial charge in [0, 0.05) is 24.1 Å². The van der Waals surface area contributed by atoms with Crippen molar-refractivity contribution in [3.8, 4) is 11.9 Å². The normalized spacial score (nSPS) is 15.2. The van der Waals surface area contributed by atoms with E-state index in [1.807, 2.05) is 7.05 Å². The van der Waals surface area contributed by atoms with Crippen molar-refractivity contribution in [2.24, 2.45) is 0 Å². The van der Waals surface area contributed by atoms with E-state index in [2.05, 4.69) is 31.7 Å². The minimum absolute atomic E-state index is 0.0960. The number of hydrogen-bond donors (Lipinski definition) is 2. The van der Waals surface area contributed by atoms with Gasteiger partial charge in [-0.25, -0.2) is 23.1 Å². The van der Waals surface area contributed by atoms with E-state index in [0.29, 0.717) is 59.9 Å². The first-order chi connectivity index (χ1) is 16.3. The number of anilines is 1. The molecule has 1 aromatic carbocycles. The molecule has 3 aromatic rings. The first kappa shape index (κ1) is 23.7. The fourth-order valence-electron chi connectivity index (χ4n) is 3.96. The SMILES string of the molecule is CNCCc1nc(N[C@H](C)c2cccc(C(F)F)c2F)c2cc(C3(C#N)CC3)c(OC)nc2n1. The molecule has 0 saturated heterocycles. The maximum atomic E-state index is 14.8. The van der Waals surface area contributed by atoms with Gasteiger partial charge in [-0.1, -0.05) is 18.2 Å². The maximum absolute atomic E-state index is 14.8. The van der Waals surface area contributed by atoms with Crippen LogP contribution in [0.2, 0.25) is 0 Å². The second-order valence-electron chi connectivity index (χ2n) is 8.37. The molecule has 7 nitrogen and oxygen atoms in total. The molecule has 0 radical (unpaired) electrons. The van der Waals surface area contributed by atoms with Gasteiger partial charge in [0.1, 0.15) is 17.5 Å². The lowest BCUT2D eigenvalue weighted by atomic mass is 9.97. The number of likely N-dealkylation sites (N-methyl/N-ethyl adjacent to an activating group) is 1. The molecule has 1 atom stereocenters. The molecule has 0 unspecified atom stereocenters. The summed E-state index contributed by atoms with van der Waals surface area (Å²) in [6.45, 7) is 2.29. The molecule has 178 valence electrons. The number of nitriles is 1. The molecule has 10 heteroatoms. The summed E-state index contributed by atoms with van der Waals surface area (Å²) < 4.78 is 46.7. The van der Waals surface area contributed by atoms with Crippen molar-refractivity contribution in [1.29, 1.82) is 5.26 Å².